The van der Waals surface area contributed by atoms with Crippen LogP contribution >= 0.6 is 11.6 Å². The molecule has 3 amide bonds. The largest absolute Gasteiger partial charge is 0.469 e. The van der Waals surface area contributed by atoms with Crippen molar-refractivity contribution >= 4 is 41.2 Å². The Hall–Kier alpha value is -3.74. The van der Waals surface area contributed by atoms with E-state index in [1.165, 1.54) is 35.0 Å². The molecule has 0 aromatic carbocycles. The van der Waals surface area contributed by atoms with E-state index in [-0.39, 0.29) is 41.5 Å². The average Bonchev–Trinajstić information content (AvgIpc) is 3.41. The first-order valence-electron chi connectivity index (χ1n) is 13.1. The highest BCUT2D eigenvalue weighted by molar-refractivity contribution is 6.32. The molecule has 0 spiro atoms. The predicted octanol–water partition coefficient (Wildman–Crippen LogP) is 3.45. The number of aromatic nitrogens is 4. The predicted molar refractivity (Wildman–Crippen MR) is 148 cm³/mol. The zero-order chi connectivity index (χ0) is 29.5. The van der Waals surface area contributed by atoms with Crippen LogP contribution in [0.1, 0.15) is 69.8 Å². The van der Waals surface area contributed by atoms with Crippen LogP contribution in [0.4, 0.5) is 10.5 Å². The maximum atomic E-state index is 12.8. The van der Waals surface area contributed by atoms with Crippen molar-refractivity contribution in [1.82, 2.24) is 30.2 Å². The van der Waals surface area contributed by atoms with Gasteiger partial charge in [-0.1, -0.05) is 36.1 Å². The molecule has 13 nitrogen and oxygen atoms in total. The highest BCUT2D eigenvalue weighted by Gasteiger charge is 2.24. The standard InChI is InChI=1S/C26H38ClN7O6/c1-26(2,3)40-25(38)33(16-17-34-15-14-29-32-34)18-21(35)30-19-11-12-20(31-23(19)27)24(37)28-13-9-7-5-6-8-10-22(36)39-4/h11-12,14-15H,5-10,13,16-18H2,1-4H3,(H,28,37)(H,30,35). The van der Waals surface area contributed by atoms with Crippen molar-refractivity contribution in [1.29, 1.82) is 0 Å². The number of halogens is 1. The quantitative estimate of drug-likeness (QED) is 0.183. The van der Waals surface area contributed by atoms with Crippen molar-refractivity contribution in [3.8, 4) is 0 Å². The van der Waals surface area contributed by atoms with Crippen LogP contribution in [0.2, 0.25) is 5.15 Å². The zero-order valence-electron chi connectivity index (χ0n) is 23.4. The topological polar surface area (TPSA) is 158 Å². The van der Waals surface area contributed by atoms with Gasteiger partial charge in [0.2, 0.25) is 5.91 Å². The number of nitrogens with one attached hydrogen (secondary N) is 2. The van der Waals surface area contributed by atoms with Crippen molar-refractivity contribution in [2.45, 2.75) is 71.4 Å². The third kappa shape index (κ3) is 12.4. The maximum absolute atomic E-state index is 12.8. The van der Waals surface area contributed by atoms with E-state index in [0.717, 1.165) is 32.1 Å². The molecule has 0 aliphatic carbocycles. The molecule has 0 saturated carbocycles. The molecule has 0 saturated heterocycles. The van der Waals surface area contributed by atoms with Gasteiger partial charge in [-0.05, 0) is 45.7 Å². The molecular formula is C26H38ClN7O6. The minimum Gasteiger partial charge on any atom is -0.469 e. The number of ether oxygens (including phenoxy) is 2. The van der Waals surface area contributed by atoms with E-state index in [4.69, 9.17) is 16.3 Å². The van der Waals surface area contributed by atoms with Gasteiger partial charge in [0.05, 0.1) is 25.5 Å². The molecular weight excluding hydrogens is 542 g/mol. The first-order chi connectivity index (χ1) is 19.0. The molecule has 2 rings (SSSR count). The summed E-state index contributed by atoms with van der Waals surface area (Å²) >= 11 is 6.23. The average molecular weight is 580 g/mol. The van der Waals surface area contributed by atoms with Crippen LogP contribution in [0.3, 0.4) is 0 Å². The SMILES string of the molecule is COC(=O)CCCCCCCNC(=O)c1ccc(NC(=O)CN(CCn2ccnn2)C(=O)OC(C)(C)C)c(Cl)n1. The number of pyridine rings is 1. The summed E-state index contributed by atoms with van der Waals surface area (Å²) in [6, 6.07) is 2.94. The third-order valence-corrected chi connectivity index (χ3v) is 5.77. The Balaban J connectivity index is 1.84. The second-order valence-corrected chi connectivity index (χ2v) is 10.4. The number of carbonyl (C=O) groups excluding carboxylic acids is 4. The molecule has 14 heteroatoms. The Labute approximate surface area is 238 Å². The van der Waals surface area contributed by atoms with E-state index in [0.29, 0.717) is 19.5 Å². The van der Waals surface area contributed by atoms with Gasteiger partial charge in [0, 0.05) is 25.7 Å². The van der Waals surface area contributed by atoms with E-state index >= 15 is 0 Å². The monoisotopic (exact) mass is 579 g/mol. The van der Waals surface area contributed by atoms with Gasteiger partial charge in [-0.3, -0.25) is 24.0 Å². The minimum absolute atomic E-state index is 0.0574. The van der Waals surface area contributed by atoms with Gasteiger partial charge in [0.25, 0.3) is 5.91 Å². The van der Waals surface area contributed by atoms with Crippen molar-refractivity contribution in [2.75, 3.05) is 32.1 Å². The fourth-order valence-electron chi connectivity index (χ4n) is 3.47. The summed E-state index contributed by atoms with van der Waals surface area (Å²) in [5.74, 6) is -1.10. The summed E-state index contributed by atoms with van der Waals surface area (Å²) in [6.45, 7) is 5.85. The molecule has 220 valence electrons. The van der Waals surface area contributed by atoms with Gasteiger partial charge >= 0.3 is 12.1 Å². The molecule has 0 atom stereocenters. The number of nitrogens with zero attached hydrogens (tertiary/aromatic N) is 5. The Morgan fingerprint density at radius 1 is 1.07 bits per heavy atom. The fraction of sp³-hybridized carbons (Fsp3) is 0.577. The van der Waals surface area contributed by atoms with E-state index in [1.807, 2.05) is 0 Å². The number of hydrogen-bond donors (Lipinski definition) is 2. The van der Waals surface area contributed by atoms with Crippen molar-refractivity contribution in [3.63, 3.8) is 0 Å². The number of amides is 3. The molecule has 0 fully saturated rings. The van der Waals surface area contributed by atoms with E-state index in [1.54, 1.807) is 27.0 Å². The Bertz CT molecular complexity index is 1120. The molecule has 0 aliphatic heterocycles. The van der Waals surface area contributed by atoms with Gasteiger partial charge in [-0.2, -0.15) is 0 Å². The summed E-state index contributed by atoms with van der Waals surface area (Å²) in [6.07, 6.45) is 7.29. The van der Waals surface area contributed by atoms with E-state index in [2.05, 4.69) is 30.7 Å². The fourth-order valence-corrected chi connectivity index (χ4v) is 3.67. The van der Waals surface area contributed by atoms with Gasteiger partial charge in [-0.25, -0.2) is 9.78 Å². The normalized spacial score (nSPS) is 11.0. The molecule has 0 unspecified atom stereocenters. The van der Waals surface area contributed by atoms with Gasteiger partial charge in [0.1, 0.15) is 17.8 Å². The lowest BCUT2D eigenvalue weighted by Gasteiger charge is -2.27. The first-order valence-corrected chi connectivity index (χ1v) is 13.5. The molecule has 0 aliphatic rings. The maximum Gasteiger partial charge on any atom is 0.410 e. The summed E-state index contributed by atoms with van der Waals surface area (Å²) in [5, 5.41) is 13.0. The Morgan fingerprint density at radius 2 is 1.80 bits per heavy atom. The summed E-state index contributed by atoms with van der Waals surface area (Å²) < 4.78 is 11.6. The minimum atomic E-state index is -0.742. The van der Waals surface area contributed by atoms with Crippen LogP contribution in [0, 0.1) is 0 Å². The zero-order valence-corrected chi connectivity index (χ0v) is 24.2. The number of carbonyl (C=O) groups is 4. The first kappa shape index (κ1) is 32.5. The molecule has 0 radical (unpaired) electrons. The van der Waals surface area contributed by atoms with Crippen LogP contribution < -0.4 is 10.6 Å². The number of methoxy groups -OCH3 is 1. The second kappa shape index (κ2) is 16.4. The van der Waals surface area contributed by atoms with Crippen molar-refractivity contribution in [2.24, 2.45) is 0 Å². The lowest BCUT2D eigenvalue weighted by Crippen LogP contribution is -2.43. The Kier molecular flexibility index (Phi) is 13.3. The highest BCUT2D eigenvalue weighted by atomic mass is 35.5. The van der Waals surface area contributed by atoms with Crippen LogP contribution in [0.25, 0.3) is 0 Å². The lowest BCUT2D eigenvalue weighted by atomic mass is 10.1. The number of unbranched alkanes of at least 4 members (excludes halogenated alkanes) is 4. The van der Waals surface area contributed by atoms with Crippen molar-refractivity contribution < 1.29 is 28.7 Å². The lowest BCUT2D eigenvalue weighted by molar-refractivity contribution is -0.140. The summed E-state index contributed by atoms with van der Waals surface area (Å²) in [4.78, 5) is 54.3. The molecule has 2 heterocycles. The molecule has 2 N–H and O–H groups in total. The smallest absolute Gasteiger partial charge is 0.410 e. The van der Waals surface area contributed by atoms with E-state index in [9.17, 15) is 19.2 Å². The second-order valence-electron chi connectivity index (χ2n) is 10.0. The number of rotatable bonds is 15. The highest BCUT2D eigenvalue weighted by Crippen LogP contribution is 2.20. The molecule has 0 bridgehead atoms. The molecule has 2 aromatic heterocycles. The Morgan fingerprint density at radius 3 is 2.45 bits per heavy atom. The summed E-state index contributed by atoms with van der Waals surface area (Å²) in [5.41, 5.74) is -0.422. The van der Waals surface area contributed by atoms with Crippen LogP contribution in [-0.4, -0.2) is 81.1 Å². The molecule has 40 heavy (non-hydrogen) atoms. The number of hydrogen-bond acceptors (Lipinski definition) is 9. The van der Waals surface area contributed by atoms with E-state index < -0.39 is 17.6 Å². The van der Waals surface area contributed by atoms with Crippen molar-refractivity contribution in [3.05, 3.63) is 35.4 Å². The number of anilines is 1. The van der Waals surface area contributed by atoms with Gasteiger partial charge in [-0.15, -0.1) is 5.10 Å². The van der Waals surface area contributed by atoms with Gasteiger partial charge in [0.15, 0.2) is 5.15 Å². The summed E-state index contributed by atoms with van der Waals surface area (Å²) in [7, 11) is 1.38. The third-order valence-electron chi connectivity index (χ3n) is 5.48. The number of esters is 1. The van der Waals surface area contributed by atoms with Crippen LogP contribution in [-0.2, 0) is 25.6 Å². The molecule has 2 aromatic rings. The van der Waals surface area contributed by atoms with Crippen LogP contribution in [0.15, 0.2) is 24.5 Å². The van der Waals surface area contributed by atoms with Gasteiger partial charge < -0.3 is 20.1 Å². The van der Waals surface area contributed by atoms with Crippen LogP contribution in [0.5, 0.6) is 0 Å².